The molecule has 0 aliphatic rings. The number of benzene rings is 2. The summed E-state index contributed by atoms with van der Waals surface area (Å²) in [6.07, 6.45) is 0. The van der Waals surface area contributed by atoms with Crippen LogP contribution in [0.2, 0.25) is 0 Å². The summed E-state index contributed by atoms with van der Waals surface area (Å²) in [5.74, 6) is 0.176. The maximum absolute atomic E-state index is 8.65. The minimum Gasteiger partial charge on any atom is -0.508 e. The summed E-state index contributed by atoms with van der Waals surface area (Å²) in [5.41, 5.74) is 1.32. The quantitative estimate of drug-likeness (QED) is 0.689. The Morgan fingerprint density at radius 3 is 1.53 bits per heavy atom. The van der Waals surface area contributed by atoms with Crippen molar-refractivity contribution < 1.29 is 10.2 Å². The second-order valence-corrected chi connectivity index (χ2v) is 3.17. The van der Waals surface area contributed by atoms with Gasteiger partial charge in [-0.05, 0) is 19.1 Å². The van der Waals surface area contributed by atoms with Crippen molar-refractivity contribution in [3.63, 3.8) is 0 Å². The van der Waals surface area contributed by atoms with E-state index >= 15 is 0 Å². The number of rotatable bonds is 0. The van der Waals surface area contributed by atoms with E-state index in [-0.39, 0.29) is 11.5 Å². The molecular weight excluding hydrogens is 188 g/mol. The Bertz CT molecular complexity index is 379. The fourth-order valence-corrected chi connectivity index (χ4v) is 1.03. The first-order chi connectivity index (χ1) is 7.18. The maximum Gasteiger partial charge on any atom is 0.119 e. The molecule has 0 fully saturated rings. The highest BCUT2D eigenvalue weighted by atomic mass is 16.3. The second kappa shape index (κ2) is 5.70. The molecule has 0 saturated heterocycles. The summed E-state index contributed by atoms with van der Waals surface area (Å²) in [6, 6.07) is 16.1. The van der Waals surface area contributed by atoms with Crippen molar-refractivity contribution in [2.24, 2.45) is 0 Å². The molecule has 0 atom stereocenters. The lowest BCUT2D eigenvalue weighted by atomic mass is 10.2. The van der Waals surface area contributed by atoms with Crippen molar-refractivity contribution in [2.45, 2.75) is 6.92 Å². The van der Waals surface area contributed by atoms with E-state index in [1.165, 1.54) is 23.8 Å². The molecule has 0 heterocycles. The zero-order chi connectivity index (χ0) is 11.1. The van der Waals surface area contributed by atoms with Crippen LogP contribution in [0.3, 0.4) is 0 Å². The van der Waals surface area contributed by atoms with Gasteiger partial charge < -0.3 is 10.2 Å². The smallest absolute Gasteiger partial charge is 0.119 e. The lowest BCUT2D eigenvalue weighted by Gasteiger charge is -1.89. The van der Waals surface area contributed by atoms with Crippen molar-refractivity contribution >= 4 is 0 Å². The summed E-state index contributed by atoms with van der Waals surface area (Å²) in [7, 11) is 0. The monoisotopic (exact) mass is 202 g/mol. The van der Waals surface area contributed by atoms with Gasteiger partial charge in [0.2, 0.25) is 0 Å². The summed E-state index contributed by atoms with van der Waals surface area (Å²) < 4.78 is 0. The van der Waals surface area contributed by atoms with Gasteiger partial charge in [0.05, 0.1) is 0 Å². The van der Waals surface area contributed by atoms with Crippen molar-refractivity contribution in [3.8, 4) is 11.5 Å². The van der Waals surface area contributed by atoms with Crippen LogP contribution in [-0.4, -0.2) is 10.2 Å². The Morgan fingerprint density at radius 1 is 0.733 bits per heavy atom. The van der Waals surface area contributed by atoms with E-state index in [0.717, 1.165) is 0 Å². The van der Waals surface area contributed by atoms with Crippen molar-refractivity contribution in [2.75, 3.05) is 0 Å². The maximum atomic E-state index is 8.65. The average Bonchev–Trinajstić information content (AvgIpc) is 2.19. The van der Waals surface area contributed by atoms with Gasteiger partial charge in [0.1, 0.15) is 11.5 Å². The molecule has 2 rings (SSSR count). The van der Waals surface area contributed by atoms with Gasteiger partial charge in [-0.25, -0.2) is 0 Å². The second-order valence-electron chi connectivity index (χ2n) is 3.17. The minimum atomic E-state index is 0.0880. The van der Waals surface area contributed by atoms with Crippen molar-refractivity contribution in [1.82, 2.24) is 0 Å². The van der Waals surface area contributed by atoms with Gasteiger partial charge in [-0.1, -0.05) is 42.0 Å². The third kappa shape index (κ3) is 4.72. The van der Waals surface area contributed by atoms with Gasteiger partial charge in [-0.2, -0.15) is 0 Å². The fourth-order valence-electron chi connectivity index (χ4n) is 1.03. The van der Waals surface area contributed by atoms with E-state index in [2.05, 4.69) is 19.1 Å². The van der Waals surface area contributed by atoms with Crippen LogP contribution < -0.4 is 0 Å². The van der Waals surface area contributed by atoms with Crippen LogP contribution in [0.25, 0.3) is 0 Å². The van der Waals surface area contributed by atoms with Gasteiger partial charge in [0, 0.05) is 6.07 Å². The van der Waals surface area contributed by atoms with Crippen LogP contribution in [-0.2, 0) is 0 Å². The number of hydrogen-bond donors (Lipinski definition) is 2. The molecule has 78 valence electrons. The average molecular weight is 202 g/mol. The third-order valence-electron chi connectivity index (χ3n) is 1.77. The summed E-state index contributed by atoms with van der Waals surface area (Å²) in [5, 5.41) is 17.3. The normalized spacial score (nSPS) is 8.87. The topological polar surface area (TPSA) is 40.5 Å². The van der Waals surface area contributed by atoms with Gasteiger partial charge in [0.15, 0.2) is 0 Å². The standard InChI is InChI=1S/C7H8.C6H6O2/c1-7-5-3-2-4-6-7;7-5-2-1-3-6(8)4-5/h2-6H,1H3;1-4,7-8H. The molecule has 15 heavy (non-hydrogen) atoms. The van der Waals surface area contributed by atoms with Gasteiger partial charge in [-0.15, -0.1) is 0 Å². The lowest BCUT2D eigenvalue weighted by molar-refractivity contribution is 0.450. The molecule has 0 radical (unpaired) electrons. The molecule has 2 nitrogen and oxygen atoms in total. The van der Waals surface area contributed by atoms with Crippen LogP contribution in [0.1, 0.15) is 5.56 Å². The van der Waals surface area contributed by atoms with E-state index in [0.29, 0.717) is 0 Å². The summed E-state index contributed by atoms with van der Waals surface area (Å²) in [6.45, 7) is 2.08. The zero-order valence-electron chi connectivity index (χ0n) is 8.59. The lowest BCUT2D eigenvalue weighted by Crippen LogP contribution is -1.62. The first-order valence-electron chi connectivity index (χ1n) is 4.68. The molecule has 2 N–H and O–H groups in total. The molecule has 2 heteroatoms. The van der Waals surface area contributed by atoms with Crippen molar-refractivity contribution in [3.05, 3.63) is 60.2 Å². The summed E-state index contributed by atoms with van der Waals surface area (Å²) in [4.78, 5) is 0. The molecule has 2 aromatic rings. The highest BCUT2D eigenvalue weighted by Gasteiger charge is 1.85. The number of hydrogen-bond acceptors (Lipinski definition) is 2. The van der Waals surface area contributed by atoms with Gasteiger partial charge >= 0.3 is 0 Å². The number of aromatic hydroxyl groups is 2. The van der Waals surface area contributed by atoms with Crippen LogP contribution in [0, 0.1) is 6.92 Å². The molecule has 0 aliphatic heterocycles. The molecule has 0 amide bonds. The molecule has 2 aromatic carbocycles. The number of aryl methyl sites for hydroxylation is 1. The van der Waals surface area contributed by atoms with Gasteiger partial charge in [-0.3, -0.25) is 0 Å². The SMILES string of the molecule is Cc1ccccc1.Oc1cccc(O)c1. The molecule has 0 bridgehead atoms. The predicted octanol–water partition coefficient (Wildman–Crippen LogP) is 3.09. The highest BCUT2D eigenvalue weighted by molar-refractivity contribution is 5.30. The zero-order valence-corrected chi connectivity index (χ0v) is 8.59. The molecule has 0 saturated carbocycles. The highest BCUT2D eigenvalue weighted by Crippen LogP contribution is 2.14. The molecule has 0 aliphatic carbocycles. The van der Waals surface area contributed by atoms with Gasteiger partial charge in [0.25, 0.3) is 0 Å². The van der Waals surface area contributed by atoms with Crippen molar-refractivity contribution in [1.29, 1.82) is 0 Å². The van der Waals surface area contributed by atoms with E-state index in [4.69, 9.17) is 10.2 Å². The first-order valence-corrected chi connectivity index (χ1v) is 4.68. The van der Waals surface area contributed by atoms with Crippen LogP contribution >= 0.6 is 0 Å². The van der Waals surface area contributed by atoms with E-state index < -0.39 is 0 Å². The minimum absolute atomic E-state index is 0.0880. The largest absolute Gasteiger partial charge is 0.508 e. The molecule has 0 spiro atoms. The van der Waals surface area contributed by atoms with Crippen LogP contribution in [0.4, 0.5) is 0 Å². The van der Waals surface area contributed by atoms with Crippen LogP contribution in [0.5, 0.6) is 11.5 Å². The molecule has 0 aromatic heterocycles. The third-order valence-corrected chi connectivity index (χ3v) is 1.77. The van der Waals surface area contributed by atoms with E-state index in [1.807, 2.05) is 18.2 Å². The van der Waals surface area contributed by atoms with E-state index in [9.17, 15) is 0 Å². The molecular formula is C13H14O2. The number of phenols is 2. The first kappa shape index (κ1) is 11.1. The Labute approximate surface area is 89.4 Å². The Balaban J connectivity index is 0.000000151. The molecule has 0 unspecified atom stereocenters. The Hall–Kier alpha value is -1.96. The Morgan fingerprint density at radius 2 is 1.27 bits per heavy atom. The van der Waals surface area contributed by atoms with Crippen LogP contribution in [0.15, 0.2) is 54.6 Å². The number of phenolic OH excluding ortho intramolecular Hbond substituents is 2. The fraction of sp³-hybridized carbons (Fsp3) is 0.0769. The predicted molar refractivity (Wildman–Crippen MR) is 61.0 cm³/mol. The Kier molecular flexibility index (Phi) is 4.23. The van der Waals surface area contributed by atoms with E-state index in [1.54, 1.807) is 6.07 Å². The summed E-state index contributed by atoms with van der Waals surface area (Å²) >= 11 is 0.